The first kappa shape index (κ1) is 11.0. The van der Waals surface area contributed by atoms with Crippen LogP contribution in [0.3, 0.4) is 0 Å². The van der Waals surface area contributed by atoms with Crippen LogP contribution in [0.1, 0.15) is 0 Å². The van der Waals surface area contributed by atoms with E-state index in [0.29, 0.717) is 5.65 Å². The average Bonchev–Trinajstić information content (AvgIpc) is 2.88. The van der Waals surface area contributed by atoms with Gasteiger partial charge in [-0.3, -0.25) is 0 Å². The quantitative estimate of drug-likeness (QED) is 0.699. The molecule has 0 unspecified atom stereocenters. The lowest BCUT2D eigenvalue weighted by Crippen LogP contribution is -1.93. The van der Waals surface area contributed by atoms with Gasteiger partial charge in [-0.1, -0.05) is 6.07 Å². The van der Waals surface area contributed by atoms with Crippen LogP contribution < -0.4 is 5.32 Å². The van der Waals surface area contributed by atoms with Gasteiger partial charge in [0.2, 0.25) is 0 Å². The Hall–Kier alpha value is -2.15. The molecule has 2 N–H and O–H groups in total. The van der Waals surface area contributed by atoms with Crippen LogP contribution in [0.2, 0.25) is 0 Å². The topological polar surface area (TPSA) is 79.4 Å². The maximum absolute atomic E-state index is 4.43. The number of pyridine rings is 1. The molecule has 3 heterocycles. The van der Waals surface area contributed by atoms with Gasteiger partial charge in [0.05, 0.1) is 6.33 Å². The van der Waals surface area contributed by atoms with E-state index in [0.717, 1.165) is 21.4 Å². The van der Waals surface area contributed by atoms with E-state index in [2.05, 4.69) is 30.2 Å². The summed E-state index contributed by atoms with van der Waals surface area (Å²) in [5.74, 6) is 0.829. The highest BCUT2D eigenvalue weighted by Crippen LogP contribution is 2.28. The predicted octanol–water partition coefficient (Wildman–Crippen LogP) is 1.94. The Morgan fingerprint density at radius 3 is 3.06 bits per heavy atom. The van der Waals surface area contributed by atoms with Gasteiger partial charge in [-0.25, -0.2) is 19.9 Å². The van der Waals surface area contributed by atoms with Gasteiger partial charge in [-0.05, 0) is 23.9 Å². The van der Waals surface area contributed by atoms with Gasteiger partial charge in [0.25, 0.3) is 0 Å². The van der Waals surface area contributed by atoms with Gasteiger partial charge in [0, 0.05) is 7.05 Å². The molecule has 0 aliphatic heterocycles. The fourth-order valence-corrected chi connectivity index (χ4v) is 2.37. The van der Waals surface area contributed by atoms with Crippen molar-refractivity contribution >= 4 is 28.7 Å². The zero-order valence-electron chi connectivity index (χ0n) is 9.58. The normalized spacial score (nSPS) is 10.7. The maximum Gasteiger partial charge on any atom is 0.181 e. The van der Waals surface area contributed by atoms with Gasteiger partial charge in [0.15, 0.2) is 5.65 Å². The summed E-state index contributed by atoms with van der Waals surface area (Å²) in [4.78, 5) is 19.9. The third-order valence-electron chi connectivity index (χ3n) is 2.37. The lowest BCUT2D eigenvalue weighted by molar-refractivity contribution is 1.07. The fourth-order valence-electron chi connectivity index (χ4n) is 1.53. The van der Waals surface area contributed by atoms with E-state index in [4.69, 9.17) is 0 Å². The maximum atomic E-state index is 4.43. The number of aromatic nitrogens is 5. The number of fused-ring (bicyclic) bond motifs is 1. The highest BCUT2D eigenvalue weighted by molar-refractivity contribution is 7.99. The molecular weight excluding hydrogens is 248 g/mol. The van der Waals surface area contributed by atoms with E-state index < -0.39 is 0 Å². The molecular formula is C11H10N6S. The second kappa shape index (κ2) is 4.61. The van der Waals surface area contributed by atoms with Crippen LogP contribution in [0.25, 0.3) is 11.2 Å². The first-order chi connectivity index (χ1) is 8.86. The number of hydrogen-bond donors (Lipinski definition) is 2. The third-order valence-corrected chi connectivity index (χ3v) is 3.31. The lowest BCUT2D eigenvalue weighted by Gasteiger charge is -2.03. The molecule has 6 nitrogen and oxygen atoms in total. The summed E-state index contributed by atoms with van der Waals surface area (Å²) in [5, 5.41) is 4.70. The van der Waals surface area contributed by atoms with Crippen molar-refractivity contribution in [3.63, 3.8) is 0 Å². The minimum Gasteiger partial charge on any atom is -0.373 e. The molecule has 90 valence electrons. The number of nitrogens with zero attached hydrogens (tertiary/aromatic N) is 4. The molecule has 3 aromatic rings. The van der Waals surface area contributed by atoms with Crippen molar-refractivity contribution in [1.82, 2.24) is 24.9 Å². The number of nitrogens with one attached hydrogen (secondary N) is 2. The molecule has 0 aliphatic carbocycles. The first-order valence-corrected chi connectivity index (χ1v) is 6.15. The van der Waals surface area contributed by atoms with Gasteiger partial charge >= 0.3 is 0 Å². The minimum atomic E-state index is 0.664. The lowest BCUT2D eigenvalue weighted by atomic mass is 10.5. The zero-order chi connectivity index (χ0) is 12.4. The summed E-state index contributed by atoms with van der Waals surface area (Å²) in [5.41, 5.74) is 1.50. The molecule has 0 saturated carbocycles. The monoisotopic (exact) mass is 258 g/mol. The number of rotatable bonds is 3. The van der Waals surface area contributed by atoms with Gasteiger partial charge in [-0.15, -0.1) is 0 Å². The van der Waals surface area contributed by atoms with Crippen molar-refractivity contribution in [3.05, 3.63) is 30.9 Å². The SMILES string of the molecule is CNc1cccc(Sc2ncnc3nc[nH]c23)n1. The Morgan fingerprint density at radius 1 is 1.22 bits per heavy atom. The number of anilines is 1. The number of hydrogen-bond acceptors (Lipinski definition) is 6. The summed E-state index contributed by atoms with van der Waals surface area (Å²) in [6, 6.07) is 5.80. The molecule has 18 heavy (non-hydrogen) atoms. The predicted molar refractivity (Wildman–Crippen MR) is 69.6 cm³/mol. The Morgan fingerprint density at radius 2 is 2.17 bits per heavy atom. The summed E-state index contributed by atoms with van der Waals surface area (Å²) in [6.45, 7) is 0. The third kappa shape index (κ3) is 2.00. The standard InChI is InChI=1S/C11H10N6S/c1-12-7-3-2-4-8(17-7)18-11-9-10(14-5-13-9)15-6-16-11/h2-6H,1H3,(H,12,17)(H,13,14,15,16). The molecule has 7 heteroatoms. The molecule has 0 saturated heterocycles. The Bertz CT molecular complexity index is 680. The van der Waals surface area contributed by atoms with E-state index in [1.54, 1.807) is 6.33 Å². The van der Waals surface area contributed by atoms with Crippen molar-refractivity contribution in [2.45, 2.75) is 10.1 Å². The Kier molecular flexibility index (Phi) is 2.81. The molecule has 0 fully saturated rings. The molecule has 3 rings (SSSR count). The Labute approximate surface area is 107 Å². The summed E-state index contributed by atoms with van der Waals surface area (Å²) in [7, 11) is 1.84. The molecule has 0 spiro atoms. The van der Waals surface area contributed by atoms with Crippen LogP contribution in [-0.2, 0) is 0 Å². The number of H-pyrrole nitrogens is 1. The van der Waals surface area contributed by atoms with Crippen LogP contribution in [0.15, 0.2) is 40.9 Å². The number of imidazole rings is 1. The van der Waals surface area contributed by atoms with E-state index in [9.17, 15) is 0 Å². The van der Waals surface area contributed by atoms with Crippen molar-refractivity contribution in [1.29, 1.82) is 0 Å². The minimum absolute atomic E-state index is 0.664. The van der Waals surface area contributed by atoms with Gasteiger partial charge < -0.3 is 10.3 Å². The summed E-state index contributed by atoms with van der Waals surface area (Å²) in [6.07, 6.45) is 3.12. The second-order valence-corrected chi connectivity index (χ2v) is 4.50. The second-order valence-electron chi connectivity index (χ2n) is 3.49. The highest BCUT2D eigenvalue weighted by Gasteiger charge is 2.08. The molecule has 0 radical (unpaired) electrons. The van der Waals surface area contributed by atoms with Crippen molar-refractivity contribution < 1.29 is 0 Å². The van der Waals surface area contributed by atoms with E-state index in [1.165, 1.54) is 18.1 Å². The highest BCUT2D eigenvalue weighted by atomic mass is 32.2. The van der Waals surface area contributed by atoms with Crippen LogP contribution in [0.4, 0.5) is 5.82 Å². The van der Waals surface area contributed by atoms with Crippen molar-refractivity contribution in [2.24, 2.45) is 0 Å². The van der Waals surface area contributed by atoms with Crippen molar-refractivity contribution in [2.75, 3.05) is 12.4 Å². The van der Waals surface area contributed by atoms with E-state index >= 15 is 0 Å². The molecule has 0 bridgehead atoms. The van der Waals surface area contributed by atoms with E-state index in [-0.39, 0.29) is 0 Å². The van der Waals surface area contributed by atoms with Gasteiger partial charge in [-0.2, -0.15) is 0 Å². The van der Waals surface area contributed by atoms with Crippen LogP contribution in [0.5, 0.6) is 0 Å². The van der Waals surface area contributed by atoms with Gasteiger partial charge in [0.1, 0.15) is 27.7 Å². The zero-order valence-corrected chi connectivity index (χ0v) is 10.4. The smallest absolute Gasteiger partial charge is 0.181 e. The van der Waals surface area contributed by atoms with Crippen molar-refractivity contribution in [3.8, 4) is 0 Å². The van der Waals surface area contributed by atoms with Crippen LogP contribution in [-0.4, -0.2) is 32.0 Å². The molecule has 3 aromatic heterocycles. The molecule has 0 aromatic carbocycles. The Balaban J connectivity index is 1.98. The molecule has 0 aliphatic rings. The van der Waals surface area contributed by atoms with Crippen LogP contribution >= 0.6 is 11.8 Å². The average molecular weight is 258 g/mol. The number of aromatic amines is 1. The molecule has 0 amide bonds. The first-order valence-electron chi connectivity index (χ1n) is 5.33. The largest absolute Gasteiger partial charge is 0.373 e. The fraction of sp³-hybridized carbons (Fsp3) is 0.0909. The summed E-state index contributed by atoms with van der Waals surface area (Å²) >= 11 is 1.48. The summed E-state index contributed by atoms with van der Waals surface area (Å²) < 4.78 is 0. The van der Waals surface area contributed by atoms with Crippen LogP contribution in [0, 0.1) is 0 Å². The molecule has 0 atom stereocenters. The van der Waals surface area contributed by atoms with E-state index in [1.807, 2.05) is 25.2 Å².